The molecule has 2 unspecified atom stereocenters. The zero-order valence-electron chi connectivity index (χ0n) is 14.4. The Hall–Kier alpha value is -2.60. The van der Waals surface area contributed by atoms with E-state index in [-0.39, 0.29) is 18.6 Å². The molecule has 1 aromatic heterocycles. The van der Waals surface area contributed by atoms with E-state index >= 15 is 0 Å². The van der Waals surface area contributed by atoms with Crippen LogP contribution in [-0.4, -0.2) is 41.8 Å². The maximum absolute atomic E-state index is 12.2. The summed E-state index contributed by atoms with van der Waals surface area (Å²) in [4.78, 5) is 18.7. The second-order valence-corrected chi connectivity index (χ2v) is 6.59. The van der Waals surface area contributed by atoms with Crippen LogP contribution < -0.4 is 15.5 Å². The Kier molecular flexibility index (Phi) is 5.19. The lowest BCUT2D eigenvalue weighted by atomic mass is 9.96. The Morgan fingerprint density at radius 2 is 2.04 bits per heavy atom. The molecule has 0 radical (unpaired) electrons. The summed E-state index contributed by atoms with van der Waals surface area (Å²) in [7, 11) is 0. The summed E-state index contributed by atoms with van der Waals surface area (Å²) in [6.45, 7) is 3.45. The fourth-order valence-corrected chi connectivity index (χ4v) is 3.02. The van der Waals surface area contributed by atoms with Crippen molar-refractivity contribution in [2.75, 3.05) is 24.5 Å². The second kappa shape index (κ2) is 7.53. The van der Waals surface area contributed by atoms with E-state index in [4.69, 9.17) is 0 Å². The SMILES string of the molecule is CC(O)(CNC(=O)NC1CCN(c2ccccn2)C1)c1ccccc1. The standard InChI is InChI=1S/C19H24N4O2/c1-19(25,15-7-3-2-4-8-15)14-21-18(24)22-16-10-12-23(13-16)17-9-5-6-11-20-17/h2-9,11,16,25H,10,12-14H2,1H3,(H2,21,22,24). The highest BCUT2D eigenvalue weighted by atomic mass is 16.3. The van der Waals surface area contributed by atoms with Gasteiger partial charge < -0.3 is 20.6 Å². The molecule has 1 aliphatic heterocycles. The van der Waals surface area contributed by atoms with Gasteiger partial charge in [-0.15, -0.1) is 0 Å². The molecule has 0 spiro atoms. The largest absolute Gasteiger partial charge is 0.384 e. The van der Waals surface area contributed by atoms with Crippen molar-refractivity contribution in [3.8, 4) is 0 Å². The molecule has 2 aromatic rings. The molecule has 0 saturated carbocycles. The number of amides is 2. The summed E-state index contributed by atoms with van der Waals surface area (Å²) in [5.74, 6) is 0.930. The molecule has 3 N–H and O–H groups in total. The summed E-state index contributed by atoms with van der Waals surface area (Å²) >= 11 is 0. The van der Waals surface area contributed by atoms with E-state index in [0.717, 1.165) is 30.9 Å². The van der Waals surface area contributed by atoms with Crippen molar-refractivity contribution in [2.45, 2.75) is 25.0 Å². The molecular weight excluding hydrogens is 316 g/mol. The van der Waals surface area contributed by atoms with Crippen molar-refractivity contribution in [1.29, 1.82) is 0 Å². The first-order valence-corrected chi connectivity index (χ1v) is 8.53. The van der Waals surface area contributed by atoms with Crippen molar-refractivity contribution in [3.63, 3.8) is 0 Å². The average Bonchev–Trinajstić information content (AvgIpc) is 3.10. The van der Waals surface area contributed by atoms with Gasteiger partial charge in [0.1, 0.15) is 11.4 Å². The van der Waals surface area contributed by atoms with Crippen LogP contribution in [-0.2, 0) is 5.60 Å². The van der Waals surface area contributed by atoms with Crippen LogP contribution in [0, 0.1) is 0 Å². The molecule has 2 atom stereocenters. The van der Waals surface area contributed by atoms with Crippen LogP contribution in [0.25, 0.3) is 0 Å². The predicted molar refractivity (Wildman–Crippen MR) is 97.4 cm³/mol. The Bertz CT molecular complexity index is 691. The van der Waals surface area contributed by atoms with E-state index < -0.39 is 5.60 Å². The van der Waals surface area contributed by atoms with Gasteiger partial charge in [-0.3, -0.25) is 0 Å². The van der Waals surface area contributed by atoms with Gasteiger partial charge in [-0.25, -0.2) is 9.78 Å². The van der Waals surface area contributed by atoms with E-state index in [9.17, 15) is 9.90 Å². The molecule has 0 bridgehead atoms. The van der Waals surface area contributed by atoms with Gasteiger partial charge >= 0.3 is 6.03 Å². The third kappa shape index (κ3) is 4.48. The van der Waals surface area contributed by atoms with Gasteiger partial charge in [0.2, 0.25) is 0 Å². The number of nitrogens with one attached hydrogen (secondary N) is 2. The Morgan fingerprint density at radius 1 is 1.28 bits per heavy atom. The van der Waals surface area contributed by atoms with Gasteiger partial charge in [0.25, 0.3) is 0 Å². The molecule has 0 aliphatic carbocycles. The van der Waals surface area contributed by atoms with Crippen LogP contribution in [0.3, 0.4) is 0 Å². The minimum atomic E-state index is -1.10. The number of urea groups is 1. The van der Waals surface area contributed by atoms with Crippen LogP contribution in [0.4, 0.5) is 10.6 Å². The van der Waals surface area contributed by atoms with E-state index in [1.807, 2.05) is 48.5 Å². The molecule has 1 fully saturated rings. The predicted octanol–water partition coefficient (Wildman–Crippen LogP) is 1.87. The lowest BCUT2D eigenvalue weighted by Crippen LogP contribution is -2.47. The number of hydrogen-bond acceptors (Lipinski definition) is 4. The van der Waals surface area contributed by atoms with E-state index in [1.165, 1.54) is 0 Å². The number of benzene rings is 1. The third-order valence-electron chi connectivity index (χ3n) is 4.49. The van der Waals surface area contributed by atoms with Crippen molar-refractivity contribution in [1.82, 2.24) is 15.6 Å². The highest BCUT2D eigenvalue weighted by Crippen LogP contribution is 2.19. The molecule has 1 saturated heterocycles. The topological polar surface area (TPSA) is 77.5 Å². The monoisotopic (exact) mass is 340 g/mol. The van der Waals surface area contributed by atoms with E-state index in [2.05, 4.69) is 20.5 Å². The molecule has 3 rings (SSSR count). The third-order valence-corrected chi connectivity index (χ3v) is 4.49. The summed E-state index contributed by atoms with van der Waals surface area (Å²) in [5.41, 5.74) is -0.327. The lowest BCUT2D eigenvalue weighted by molar-refractivity contribution is 0.0593. The number of carbonyl (C=O) groups is 1. The maximum Gasteiger partial charge on any atom is 0.315 e. The summed E-state index contributed by atoms with van der Waals surface area (Å²) < 4.78 is 0. The first-order valence-electron chi connectivity index (χ1n) is 8.53. The quantitative estimate of drug-likeness (QED) is 0.776. The van der Waals surface area contributed by atoms with Crippen LogP contribution in [0.5, 0.6) is 0 Å². The van der Waals surface area contributed by atoms with E-state index in [0.29, 0.717) is 0 Å². The maximum atomic E-state index is 12.2. The lowest BCUT2D eigenvalue weighted by Gasteiger charge is -2.25. The highest BCUT2D eigenvalue weighted by molar-refractivity contribution is 5.74. The zero-order chi connectivity index (χ0) is 17.7. The van der Waals surface area contributed by atoms with Crippen LogP contribution in [0.2, 0.25) is 0 Å². The highest BCUT2D eigenvalue weighted by Gasteiger charge is 2.27. The van der Waals surface area contributed by atoms with Crippen molar-refractivity contribution < 1.29 is 9.90 Å². The van der Waals surface area contributed by atoms with Crippen molar-refractivity contribution in [3.05, 3.63) is 60.3 Å². The summed E-state index contributed by atoms with van der Waals surface area (Å²) in [6.07, 6.45) is 2.65. The minimum absolute atomic E-state index is 0.0729. The van der Waals surface area contributed by atoms with Crippen molar-refractivity contribution in [2.24, 2.45) is 0 Å². The zero-order valence-corrected chi connectivity index (χ0v) is 14.4. The van der Waals surface area contributed by atoms with Gasteiger partial charge in [-0.2, -0.15) is 0 Å². The van der Waals surface area contributed by atoms with Crippen LogP contribution >= 0.6 is 0 Å². The molecule has 2 amide bonds. The normalized spacial score (nSPS) is 19.3. The average molecular weight is 340 g/mol. The number of nitrogens with zero attached hydrogens (tertiary/aromatic N) is 2. The fourth-order valence-electron chi connectivity index (χ4n) is 3.02. The van der Waals surface area contributed by atoms with Gasteiger partial charge in [-0.05, 0) is 31.0 Å². The second-order valence-electron chi connectivity index (χ2n) is 6.59. The Balaban J connectivity index is 1.47. The molecule has 6 nitrogen and oxygen atoms in total. The minimum Gasteiger partial charge on any atom is -0.384 e. The van der Waals surface area contributed by atoms with Crippen LogP contribution in [0.15, 0.2) is 54.7 Å². The summed E-state index contributed by atoms with van der Waals surface area (Å²) in [6, 6.07) is 15.0. The number of rotatable bonds is 5. The molecule has 1 aliphatic rings. The first kappa shape index (κ1) is 17.2. The smallest absolute Gasteiger partial charge is 0.315 e. The fraction of sp³-hybridized carbons (Fsp3) is 0.368. The first-order chi connectivity index (χ1) is 12.0. The van der Waals surface area contributed by atoms with Gasteiger partial charge in [-0.1, -0.05) is 36.4 Å². The van der Waals surface area contributed by atoms with E-state index in [1.54, 1.807) is 13.1 Å². The number of pyridine rings is 1. The molecule has 132 valence electrons. The summed E-state index contributed by atoms with van der Waals surface area (Å²) in [5, 5.41) is 16.3. The number of carbonyl (C=O) groups excluding carboxylic acids is 1. The Morgan fingerprint density at radius 3 is 2.76 bits per heavy atom. The molecule has 2 heterocycles. The van der Waals surface area contributed by atoms with Gasteiger partial charge in [0.05, 0.1) is 6.54 Å². The number of aliphatic hydroxyl groups is 1. The number of hydrogen-bond donors (Lipinski definition) is 3. The van der Waals surface area contributed by atoms with Gasteiger partial charge in [0, 0.05) is 25.3 Å². The molecule has 6 heteroatoms. The van der Waals surface area contributed by atoms with Gasteiger partial charge in [0.15, 0.2) is 0 Å². The molecule has 25 heavy (non-hydrogen) atoms. The molecule has 1 aromatic carbocycles. The number of anilines is 1. The van der Waals surface area contributed by atoms with Crippen LogP contribution in [0.1, 0.15) is 18.9 Å². The van der Waals surface area contributed by atoms with Crippen molar-refractivity contribution >= 4 is 11.8 Å². The number of aromatic nitrogens is 1. The molecular formula is C19H24N4O2. The Labute approximate surface area is 147 Å².